The molecular formula is C14H13N5O2. The first-order chi connectivity index (χ1) is 10.2. The average Bonchev–Trinajstić information content (AvgIpc) is 3.16. The van der Waals surface area contributed by atoms with E-state index >= 15 is 0 Å². The van der Waals surface area contributed by atoms with Crippen molar-refractivity contribution in [1.29, 1.82) is 0 Å². The standard InChI is InChI=1S/C14H13N5O2/c1-10-15-6-7-19(10)13-5-4-12(17-18-13)14(20)16-9-11-3-2-8-21-11/h2-8H,9H2,1H3,(H,16,20). The normalized spacial score (nSPS) is 10.5. The van der Waals surface area contributed by atoms with Gasteiger partial charge in [0, 0.05) is 12.4 Å². The van der Waals surface area contributed by atoms with E-state index < -0.39 is 0 Å². The molecule has 7 nitrogen and oxygen atoms in total. The summed E-state index contributed by atoms with van der Waals surface area (Å²) >= 11 is 0. The van der Waals surface area contributed by atoms with Crippen LogP contribution in [0.4, 0.5) is 0 Å². The number of furan rings is 1. The summed E-state index contributed by atoms with van der Waals surface area (Å²) in [5.41, 5.74) is 0.253. The van der Waals surface area contributed by atoms with E-state index in [2.05, 4.69) is 20.5 Å². The molecular weight excluding hydrogens is 270 g/mol. The molecule has 3 aromatic heterocycles. The van der Waals surface area contributed by atoms with Crippen LogP contribution in [0.25, 0.3) is 5.82 Å². The van der Waals surface area contributed by atoms with Gasteiger partial charge in [-0.3, -0.25) is 9.36 Å². The average molecular weight is 283 g/mol. The molecule has 3 heterocycles. The Labute approximate surface area is 120 Å². The van der Waals surface area contributed by atoms with Crippen LogP contribution in [0.5, 0.6) is 0 Å². The topological polar surface area (TPSA) is 85.8 Å². The molecule has 0 aliphatic carbocycles. The van der Waals surface area contributed by atoms with Gasteiger partial charge in [-0.05, 0) is 31.2 Å². The zero-order valence-corrected chi connectivity index (χ0v) is 11.4. The second-order valence-corrected chi connectivity index (χ2v) is 4.38. The summed E-state index contributed by atoms with van der Waals surface area (Å²) < 4.78 is 6.93. The van der Waals surface area contributed by atoms with Crippen molar-refractivity contribution < 1.29 is 9.21 Å². The summed E-state index contributed by atoms with van der Waals surface area (Å²) in [5, 5.41) is 10.7. The highest BCUT2D eigenvalue weighted by molar-refractivity contribution is 5.92. The van der Waals surface area contributed by atoms with Crippen molar-refractivity contribution in [3.63, 3.8) is 0 Å². The van der Waals surface area contributed by atoms with Gasteiger partial charge < -0.3 is 9.73 Å². The van der Waals surface area contributed by atoms with Crippen LogP contribution in [0.1, 0.15) is 22.1 Å². The fourth-order valence-electron chi connectivity index (χ4n) is 1.87. The molecule has 0 aliphatic rings. The van der Waals surface area contributed by atoms with E-state index in [1.807, 2.05) is 6.92 Å². The molecule has 0 aromatic carbocycles. The lowest BCUT2D eigenvalue weighted by molar-refractivity contribution is 0.0942. The van der Waals surface area contributed by atoms with Crippen LogP contribution >= 0.6 is 0 Å². The summed E-state index contributed by atoms with van der Waals surface area (Å²) in [7, 11) is 0. The number of aryl methyl sites for hydroxylation is 1. The fraction of sp³-hybridized carbons (Fsp3) is 0.143. The Morgan fingerprint density at radius 3 is 2.86 bits per heavy atom. The van der Waals surface area contributed by atoms with Gasteiger partial charge in [-0.25, -0.2) is 4.98 Å². The number of carbonyl (C=O) groups excluding carboxylic acids is 1. The Balaban J connectivity index is 1.69. The zero-order valence-electron chi connectivity index (χ0n) is 11.4. The van der Waals surface area contributed by atoms with Crippen LogP contribution in [0.2, 0.25) is 0 Å². The maximum absolute atomic E-state index is 11.9. The Bertz CT molecular complexity index is 731. The largest absolute Gasteiger partial charge is 0.467 e. The van der Waals surface area contributed by atoms with Gasteiger partial charge in [0.15, 0.2) is 11.5 Å². The van der Waals surface area contributed by atoms with Gasteiger partial charge in [-0.15, -0.1) is 10.2 Å². The number of hydrogen-bond donors (Lipinski definition) is 1. The highest BCUT2D eigenvalue weighted by Crippen LogP contribution is 2.06. The predicted molar refractivity (Wildman–Crippen MR) is 73.8 cm³/mol. The number of amides is 1. The molecule has 0 fully saturated rings. The fourth-order valence-corrected chi connectivity index (χ4v) is 1.87. The monoisotopic (exact) mass is 283 g/mol. The van der Waals surface area contributed by atoms with Gasteiger partial charge in [0.2, 0.25) is 0 Å². The number of nitrogens with zero attached hydrogens (tertiary/aromatic N) is 4. The number of hydrogen-bond acceptors (Lipinski definition) is 5. The van der Waals surface area contributed by atoms with Gasteiger partial charge in [0.1, 0.15) is 11.6 Å². The van der Waals surface area contributed by atoms with E-state index in [-0.39, 0.29) is 11.6 Å². The summed E-state index contributed by atoms with van der Waals surface area (Å²) in [6.45, 7) is 2.18. The molecule has 0 spiro atoms. The number of carbonyl (C=O) groups is 1. The smallest absolute Gasteiger partial charge is 0.272 e. The van der Waals surface area contributed by atoms with Gasteiger partial charge >= 0.3 is 0 Å². The van der Waals surface area contributed by atoms with Gasteiger partial charge in [-0.1, -0.05) is 0 Å². The molecule has 3 rings (SSSR count). The van der Waals surface area contributed by atoms with E-state index in [9.17, 15) is 4.79 Å². The second kappa shape index (κ2) is 5.58. The quantitative estimate of drug-likeness (QED) is 0.784. The first-order valence-corrected chi connectivity index (χ1v) is 6.38. The van der Waals surface area contributed by atoms with Crippen LogP contribution in [0.3, 0.4) is 0 Å². The van der Waals surface area contributed by atoms with E-state index in [1.165, 1.54) is 0 Å². The Kier molecular flexibility index (Phi) is 3.46. The number of aromatic nitrogens is 4. The van der Waals surface area contributed by atoms with Crippen molar-refractivity contribution in [2.45, 2.75) is 13.5 Å². The summed E-state index contributed by atoms with van der Waals surface area (Å²) in [5.74, 6) is 1.81. The molecule has 0 saturated heterocycles. The summed E-state index contributed by atoms with van der Waals surface area (Å²) in [6.07, 6.45) is 5.03. The molecule has 0 saturated carbocycles. The Morgan fingerprint density at radius 2 is 2.24 bits per heavy atom. The Hall–Kier alpha value is -2.96. The van der Waals surface area contributed by atoms with Gasteiger partial charge in [0.05, 0.1) is 12.8 Å². The molecule has 0 unspecified atom stereocenters. The summed E-state index contributed by atoms with van der Waals surface area (Å²) in [6, 6.07) is 6.91. The molecule has 21 heavy (non-hydrogen) atoms. The van der Waals surface area contributed by atoms with Crippen molar-refractivity contribution >= 4 is 5.91 Å². The highest BCUT2D eigenvalue weighted by Gasteiger charge is 2.10. The highest BCUT2D eigenvalue weighted by atomic mass is 16.3. The number of nitrogens with one attached hydrogen (secondary N) is 1. The molecule has 106 valence electrons. The Morgan fingerprint density at radius 1 is 1.33 bits per heavy atom. The molecule has 1 amide bonds. The van der Waals surface area contributed by atoms with Gasteiger partial charge in [0.25, 0.3) is 5.91 Å². The van der Waals surface area contributed by atoms with E-state index in [4.69, 9.17) is 4.42 Å². The van der Waals surface area contributed by atoms with E-state index in [1.54, 1.807) is 47.5 Å². The van der Waals surface area contributed by atoms with Gasteiger partial charge in [-0.2, -0.15) is 0 Å². The predicted octanol–water partition coefficient (Wildman–Crippen LogP) is 1.49. The SMILES string of the molecule is Cc1nccn1-c1ccc(C(=O)NCc2ccco2)nn1. The van der Waals surface area contributed by atoms with Crippen molar-refractivity contribution in [2.75, 3.05) is 0 Å². The first kappa shape index (κ1) is 13.0. The number of imidazole rings is 1. The summed E-state index contributed by atoms with van der Waals surface area (Å²) in [4.78, 5) is 16.0. The maximum atomic E-state index is 11.9. The van der Waals surface area contributed by atoms with Crippen molar-refractivity contribution in [3.05, 3.63) is 60.2 Å². The molecule has 3 aromatic rings. The second-order valence-electron chi connectivity index (χ2n) is 4.38. The molecule has 0 radical (unpaired) electrons. The molecule has 0 bridgehead atoms. The van der Waals surface area contributed by atoms with Crippen LogP contribution in [-0.4, -0.2) is 25.7 Å². The number of rotatable bonds is 4. The molecule has 0 aliphatic heterocycles. The van der Waals surface area contributed by atoms with Crippen molar-refractivity contribution in [1.82, 2.24) is 25.1 Å². The van der Waals surface area contributed by atoms with Crippen LogP contribution < -0.4 is 5.32 Å². The van der Waals surface area contributed by atoms with Crippen LogP contribution in [0, 0.1) is 6.92 Å². The maximum Gasteiger partial charge on any atom is 0.272 e. The van der Waals surface area contributed by atoms with Crippen LogP contribution in [-0.2, 0) is 6.54 Å². The van der Waals surface area contributed by atoms with Crippen molar-refractivity contribution in [3.8, 4) is 5.82 Å². The minimum atomic E-state index is -0.298. The third kappa shape index (κ3) is 2.81. The lowest BCUT2D eigenvalue weighted by Crippen LogP contribution is -2.24. The first-order valence-electron chi connectivity index (χ1n) is 6.38. The van der Waals surface area contributed by atoms with Crippen molar-refractivity contribution in [2.24, 2.45) is 0 Å². The van der Waals surface area contributed by atoms with E-state index in [0.29, 0.717) is 18.1 Å². The van der Waals surface area contributed by atoms with Crippen LogP contribution in [0.15, 0.2) is 47.3 Å². The molecule has 1 N–H and O–H groups in total. The van der Waals surface area contributed by atoms with E-state index in [0.717, 1.165) is 5.82 Å². The zero-order chi connectivity index (χ0) is 14.7. The minimum Gasteiger partial charge on any atom is -0.467 e. The molecule has 0 atom stereocenters. The molecule has 7 heteroatoms. The third-order valence-electron chi connectivity index (χ3n) is 2.96. The minimum absolute atomic E-state index is 0.253. The lowest BCUT2D eigenvalue weighted by Gasteiger charge is -2.05. The third-order valence-corrected chi connectivity index (χ3v) is 2.96. The lowest BCUT2D eigenvalue weighted by atomic mass is 10.3.